The van der Waals surface area contributed by atoms with Gasteiger partial charge in [-0.2, -0.15) is 0 Å². The van der Waals surface area contributed by atoms with Gasteiger partial charge in [0.2, 0.25) is 0 Å². The van der Waals surface area contributed by atoms with Crippen molar-refractivity contribution in [3.8, 4) is 0 Å². The van der Waals surface area contributed by atoms with E-state index in [0.29, 0.717) is 17.8 Å². The Kier molecular flexibility index (Phi) is 3.78. The maximum Gasteiger partial charge on any atom is 0.309 e. The van der Waals surface area contributed by atoms with Gasteiger partial charge in [-0.1, -0.05) is 44.9 Å². The van der Waals surface area contributed by atoms with Crippen molar-refractivity contribution in [1.82, 2.24) is 0 Å². The van der Waals surface area contributed by atoms with E-state index in [1.165, 1.54) is 12.0 Å². The number of aliphatic carboxylic acids is 1. The highest BCUT2D eigenvalue weighted by atomic mass is 16.4. The summed E-state index contributed by atoms with van der Waals surface area (Å²) in [4.78, 5) is 11.9. The Balaban J connectivity index is 1.95. The van der Waals surface area contributed by atoms with Crippen LogP contribution in [0.1, 0.15) is 66.2 Å². The van der Waals surface area contributed by atoms with Gasteiger partial charge < -0.3 is 5.11 Å². The fourth-order valence-electron chi connectivity index (χ4n) is 5.67. The summed E-state index contributed by atoms with van der Waals surface area (Å²) in [6.07, 6.45) is 11.2. The molecule has 3 rings (SSSR count). The number of allylic oxidation sites excluding steroid dienone is 4. The van der Waals surface area contributed by atoms with Crippen LogP contribution in [0.4, 0.5) is 0 Å². The highest BCUT2D eigenvalue weighted by molar-refractivity contribution is 5.75. The average Bonchev–Trinajstić information content (AvgIpc) is 2.46. The summed E-state index contributed by atoms with van der Waals surface area (Å²) in [6, 6.07) is 0. The number of rotatable bonds is 2. The molecular weight excluding hydrogens is 272 g/mol. The molecule has 3 aliphatic rings. The van der Waals surface area contributed by atoms with Gasteiger partial charge >= 0.3 is 5.97 Å². The maximum absolute atomic E-state index is 11.9. The molecule has 22 heavy (non-hydrogen) atoms. The third-order valence-corrected chi connectivity index (χ3v) is 7.04. The molecular formula is C20H30O2. The van der Waals surface area contributed by atoms with E-state index in [1.807, 2.05) is 6.92 Å². The van der Waals surface area contributed by atoms with E-state index in [9.17, 15) is 9.90 Å². The molecule has 0 aromatic heterocycles. The predicted octanol–water partition coefficient (Wildman–Crippen LogP) is 5.21. The first-order valence-corrected chi connectivity index (χ1v) is 8.93. The van der Waals surface area contributed by atoms with Gasteiger partial charge in [-0.3, -0.25) is 4.79 Å². The van der Waals surface area contributed by atoms with Crippen LogP contribution in [0, 0.1) is 28.6 Å². The molecule has 0 spiro atoms. The summed E-state index contributed by atoms with van der Waals surface area (Å²) < 4.78 is 0. The SMILES string of the molecule is CC(C)C1=CCC2C(=C1)CC[C@H]1[C@](C)(C(=O)O)CCC[C@]21C. The van der Waals surface area contributed by atoms with Crippen molar-refractivity contribution in [2.75, 3.05) is 0 Å². The third-order valence-electron chi connectivity index (χ3n) is 7.04. The largest absolute Gasteiger partial charge is 0.481 e. The maximum atomic E-state index is 11.9. The van der Waals surface area contributed by atoms with Crippen molar-refractivity contribution in [2.24, 2.45) is 28.6 Å². The first kappa shape index (κ1) is 15.8. The summed E-state index contributed by atoms with van der Waals surface area (Å²) in [7, 11) is 0. The van der Waals surface area contributed by atoms with E-state index in [2.05, 4.69) is 32.9 Å². The number of carboxylic acid groups (broad SMARTS) is 1. The van der Waals surface area contributed by atoms with Crippen molar-refractivity contribution in [3.05, 3.63) is 23.3 Å². The zero-order chi connectivity index (χ0) is 16.1. The highest BCUT2D eigenvalue weighted by Crippen LogP contribution is 2.62. The number of hydrogen-bond donors (Lipinski definition) is 1. The first-order chi connectivity index (χ1) is 10.3. The topological polar surface area (TPSA) is 37.3 Å². The monoisotopic (exact) mass is 302 g/mol. The molecule has 122 valence electrons. The van der Waals surface area contributed by atoms with Gasteiger partial charge in [-0.15, -0.1) is 0 Å². The van der Waals surface area contributed by atoms with Gasteiger partial charge in [0.1, 0.15) is 0 Å². The highest BCUT2D eigenvalue weighted by Gasteiger charge is 2.57. The zero-order valence-corrected chi connectivity index (χ0v) is 14.5. The van der Waals surface area contributed by atoms with Crippen LogP contribution >= 0.6 is 0 Å². The minimum Gasteiger partial charge on any atom is -0.481 e. The minimum atomic E-state index is -0.579. The Morgan fingerprint density at radius 2 is 2.05 bits per heavy atom. The summed E-state index contributed by atoms with van der Waals surface area (Å²) in [6.45, 7) is 8.91. The molecule has 2 nitrogen and oxygen atoms in total. The lowest BCUT2D eigenvalue weighted by atomic mass is 9.46. The van der Waals surface area contributed by atoms with Gasteiger partial charge in [-0.05, 0) is 67.8 Å². The molecule has 0 heterocycles. The normalized spacial score (nSPS) is 41.3. The Hall–Kier alpha value is -1.05. The molecule has 1 N–H and O–H groups in total. The van der Waals surface area contributed by atoms with Crippen LogP contribution in [0.15, 0.2) is 23.3 Å². The average molecular weight is 302 g/mol. The molecule has 0 aliphatic heterocycles. The fraction of sp³-hybridized carbons (Fsp3) is 0.750. The molecule has 0 bridgehead atoms. The van der Waals surface area contributed by atoms with Gasteiger partial charge in [0.25, 0.3) is 0 Å². The van der Waals surface area contributed by atoms with Crippen LogP contribution in [0.2, 0.25) is 0 Å². The van der Waals surface area contributed by atoms with Crippen LogP contribution in [-0.4, -0.2) is 11.1 Å². The number of fused-ring (bicyclic) bond motifs is 3. The van der Waals surface area contributed by atoms with E-state index in [0.717, 1.165) is 32.1 Å². The molecule has 2 fully saturated rings. The Morgan fingerprint density at radius 3 is 2.68 bits per heavy atom. The third kappa shape index (κ3) is 2.18. The van der Waals surface area contributed by atoms with Gasteiger partial charge in [-0.25, -0.2) is 0 Å². The lowest BCUT2D eigenvalue weighted by Crippen LogP contribution is -2.53. The minimum absolute atomic E-state index is 0.161. The van der Waals surface area contributed by atoms with Crippen molar-refractivity contribution < 1.29 is 9.90 Å². The first-order valence-electron chi connectivity index (χ1n) is 8.93. The quantitative estimate of drug-likeness (QED) is 0.760. The Morgan fingerprint density at radius 1 is 1.32 bits per heavy atom. The standard InChI is InChI=1S/C20H30O2/c1-13(2)14-6-8-16-15(12-14)7-9-17-19(16,3)10-5-11-20(17,4)18(21)22/h6,12-13,16-17H,5,7-11H2,1-4H3,(H,21,22)/t16?,17-,19-,20-/m1/s1. The summed E-state index contributed by atoms with van der Waals surface area (Å²) >= 11 is 0. The predicted molar refractivity (Wildman–Crippen MR) is 89.5 cm³/mol. The van der Waals surface area contributed by atoms with Crippen molar-refractivity contribution >= 4 is 5.97 Å². The second-order valence-electron chi connectivity index (χ2n) is 8.54. The van der Waals surface area contributed by atoms with E-state index < -0.39 is 11.4 Å². The molecule has 1 unspecified atom stereocenters. The van der Waals surface area contributed by atoms with Crippen LogP contribution < -0.4 is 0 Å². The van der Waals surface area contributed by atoms with Gasteiger partial charge in [0.05, 0.1) is 5.41 Å². The molecule has 2 heteroatoms. The molecule has 2 saturated carbocycles. The van der Waals surface area contributed by atoms with Crippen molar-refractivity contribution in [3.63, 3.8) is 0 Å². The second kappa shape index (κ2) is 5.25. The zero-order valence-electron chi connectivity index (χ0n) is 14.5. The number of carboxylic acids is 1. The fourth-order valence-corrected chi connectivity index (χ4v) is 5.67. The van der Waals surface area contributed by atoms with Crippen LogP contribution in [-0.2, 0) is 4.79 Å². The summed E-state index contributed by atoms with van der Waals surface area (Å²) in [5.41, 5.74) is 2.71. The second-order valence-corrected chi connectivity index (χ2v) is 8.54. The Bertz CT molecular complexity index is 542. The van der Waals surface area contributed by atoms with E-state index >= 15 is 0 Å². The van der Waals surface area contributed by atoms with Crippen LogP contribution in [0.3, 0.4) is 0 Å². The number of hydrogen-bond acceptors (Lipinski definition) is 1. The molecule has 0 radical (unpaired) electrons. The van der Waals surface area contributed by atoms with Crippen molar-refractivity contribution in [1.29, 1.82) is 0 Å². The molecule has 0 amide bonds. The van der Waals surface area contributed by atoms with E-state index in [4.69, 9.17) is 0 Å². The lowest BCUT2D eigenvalue weighted by Gasteiger charge is -2.57. The molecule has 0 saturated heterocycles. The molecule has 3 aliphatic carbocycles. The molecule has 4 atom stereocenters. The van der Waals surface area contributed by atoms with Crippen LogP contribution in [0.5, 0.6) is 0 Å². The van der Waals surface area contributed by atoms with E-state index in [-0.39, 0.29) is 5.41 Å². The van der Waals surface area contributed by atoms with Gasteiger partial charge in [0, 0.05) is 0 Å². The van der Waals surface area contributed by atoms with E-state index in [1.54, 1.807) is 5.57 Å². The Labute approximate surface area is 134 Å². The summed E-state index contributed by atoms with van der Waals surface area (Å²) in [5, 5.41) is 9.84. The molecule has 0 aromatic carbocycles. The number of carbonyl (C=O) groups is 1. The molecule has 0 aromatic rings. The summed E-state index contributed by atoms with van der Waals surface area (Å²) in [5.74, 6) is 0.898. The smallest absolute Gasteiger partial charge is 0.309 e. The lowest BCUT2D eigenvalue weighted by molar-refractivity contribution is -0.164. The van der Waals surface area contributed by atoms with Gasteiger partial charge in [0.15, 0.2) is 0 Å². The van der Waals surface area contributed by atoms with Crippen LogP contribution in [0.25, 0.3) is 0 Å². The van der Waals surface area contributed by atoms with Crippen molar-refractivity contribution in [2.45, 2.75) is 66.2 Å².